The zero-order valence-corrected chi connectivity index (χ0v) is 16.4. The number of hydrogen-bond acceptors (Lipinski definition) is 3. The molecule has 4 rings (SSSR count). The summed E-state index contributed by atoms with van der Waals surface area (Å²) in [4.78, 5) is 15.2. The summed E-state index contributed by atoms with van der Waals surface area (Å²) in [5.74, 6) is 1.90. The highest BCUT2D eigenvalue weighted by Gasteiger charge is 2.53. The summed E-state index contributed by atoms with van der Waals surface area (Å²) in [7, 11) is 4.02. The molecular formula is C23H31NO2. The van der Waals surface area contributed by atoms with Gasteiger partial charge in [0.2, 0.25) is 0 Å². The molecule has 0 spiro atoms. The Labute approximate surface area is 157 Å². The van der Waals surface area contributed by atoms with E-state index in [0.29, 0.717) is 24.2 Å². The van der Waals surface area contributed by atoms with Gasteiger partial charge in [0.25, 0.3) is 0 Å². The lowest BCUT2D eigenvalue weighted by atomic mass is 9.52. The van der Waals surface area contributed by atoms with E-state index in [1.807, 2.05) is 0 Å². The molecule has 0 aromatic heterocycles. The van der Waals surface area contributed by atoms with Gasteiger partial charge in [-0.3, -0.25) is 4.79 Å². The lowest BCUT2D eigenvalue weighted by Crippen LogP contribution is -2.59. The summed E-state index contributed by atoms with van der Waals surface area (Å²) < 4.78 is 5.54. The van der Waals surface area contributed by atoms with Crippen LogP contribution < -0.4 is 4.74 Å². The largest absolute Gasteiger partial charge is 0.497 e. The normalized spacial score (nSPS) is 30.2. The number of allylic oxidation sites excluding steroid dienone is 2. The summed E-state index contributed by atoms with van der Waals surface area (Å²) in [6.45, 7) is 3.30. The Balaban J connectivity index is 1.73. The number of unbranched alkanes of at least 4 members (excludes halogenated alkanes) is 1. The standard InChI is InChI=1S/C23H31NO2/c1-4-5-6-22(25)17-9-10-23-11-12-24(2)21(20(23)13-17)14-16-7-8-18(26-3)15-19(16)23/h7-9,15,20-21H,4-6,10-14H2,1-3H3/t20-,21?,23?/m1/s1. The highest BCUT2D eigenvalue weighted by molar-refractivity contribution is 5.95. The summed E-state index contributed by atoms with van der Waals surface area (Å²) >= 11 is 0. The van der Waals surface area contributed by atoms with Gasteiger partial charge in [-0.25, -0.2) is 0 Å². The first-order chi connectivity index (χ1) is 12.6. The van der Waals surface area contributed by atoms with Gasteiger partial charge >= 0.3 is 0 Å². The van der Waals surface area contributed by atoms with Crippen LogP contribution in [0.5, 0.6) is 5.75 Å². The van der Waals surface area contributed by atoms with Crippen LogP contribution in [0, 0.1) is 5.92 Å². The van der Waals surface area contributed by atoms with Crippen LogP contribution >= 0.6 is 0 Å². The van der Waals surface area contributed by atoms with Gasteiger partial charge in [-0.05, 0) is 80.4 Å². The lowest BCUT2D eigenvalue weighted by molar-refractivity contribution is -0.116. The monoisotopic (exact) mass is 353 g/mol. The molecule has 140 valence electrons. The SMILES string of the molecule is CCCCC(=O)C1=CCC23CCN(C)C(Cc4ccc(OC)cc42)[C@H]3C1. The van der Waals surface area contributed by atoms with Crippen molar-refractivity contribution < 1.29 is 9.53 Å². The van der Waals surface area contributed by atoms with Crippen molar-refractivity contribution in [1.29, 1.82) is 0 Å². The number of rotatable bonds is 5. The first-order valence-electron chi connectivity index (χ1n) is 10.2. The molecule has 0 amide bonds. The number of fused-ring (bicyclic) bond motifs is 1. The Morgan fingerprint density at radius 1 is 1.35 bits per heavy atom. The van der Waals surface area contributed by atoms with E-state index in [4.69, 9.17) is 4.74 Å². The van der Waals surface area contributed by atoms with E-state index in [0.717, 1.165) is 50.0 Å². The molecule has 0 N–H and O–H groups in total. The second-order valence-electron chi connectivity index (χ2n) is 8.45. The van der Waals surface area contributed by atoms with Gasteiger partial charge in [-0.2, -0.15) is 0 Å². The smallest absolute Gasteiger partial charge is 0.158 e. The second kappa shape index (κ2) is 6.84. The van der Waals surface area contributed by atoms with Gasteiger partial charge in [0.1, 0.15) is 5.75 Å². The van der Waals surface area contributed by atoms with Crippen molar-refractivity contribution in [2.45, 2.75) is 63.3 Å². The number of hydrogen-bond donors (Lipinski definition) is 0. The van der Waals surface area contributed by atoms with Crippen LogP contribution in [0.25, 0.3) is 0 Å². The topological polar surface area (TPSA) is 29.5 Å². The van der Waals surface area contributed by atoms with Crippen molar-refractivity contribution in [3.63, 3.8) is 0 Å². The number of likely N-dealkylation sites (tertiary alicyclic amines) is 1. The maximum Gasteiger partial charge on any atom is 0.158 e. The third-order valence-electron chi connectivity index (χ3n) is 7.20. The van der Waals surface area contributed by atoms with Gasteiger partial charge < -0.3 is 9.64 Å². The fourth-order valence-electron chi connectivity index (χ4n) is 5.63. The quantitative estimate of drug-likeness (QED) is 0.791. The Morgan fingerprint density at radius 2 is 2.19 bits per heavy atom. The van der Waals surface area contributed by atoms with Crippen molar-refractivity contribution in [1.82, 2.24) is 4.90 Å². The van der Waals surface area contributed by atoms with Crippen LogP contribution in [0.3, 0.4) is 0 Å². The number of carbonyl (C=O) groups is 1. The molecule has 1 aromatic rings. The second-order valence-corrected chi connectivity index (χ2v) is 8.45. The molecule has 1 aromatic carbocycles. The maximum atomic E-state index is 12.7. The highest BCUT2D eigenvalue weighted by atomic mass is 16.5. The lowest BCUT2D eigenvalue weighted by Gasteiger charge is -2.58. The number of piperidine rings is 1. The fraction of sp³-hybridized carbons (Fsp3) is 0.609. The van der Waals surface area contributed by atoms with Crippen molar-refractivity contribution in [2.24, 2.45) is 5.92 Å². The van der Waals surface area contributed by atoms with Crippen molar-refractivity contribution >= 4 is 5.78 Å². The van der Waals surface area contributed by atoms with Crippen LogP contribution in [-0.4, -0.2) is 37.4 Å². The number of Topliss-reactive ketones (excluding diaryl/α,β-unsaturated/α-hetero) is 1. The molecule has 1 fully saturated rings. The van der Waals surface area contributed by atoms with Gasteiger partial charge in [0.15, 0.2) is 5.78 Å². The predicted molar refractivity (Wildman–Crippen MR) is 105 cm³/mol. The number of carbonyl (C=O) groups excluding carboxylic acids is 1. The maximum absolute atomic E-state index is 12.7. The van der Waals surface area contributed by atoms with Crippen LogP contribution in [-0.2, 0) is 16.6 Å². The van der Waals surface area contributed by atoms with Crippen LogP contribution in [0.4, 0.5) is 0 Å². The molecule has 3 nitrogen and oxygen atoms in total. The van der Waals surface area contributed by atoms with E-state index in [9.17, 15) is 4.79 Å². The minimum absolute atomic E-state index is 0.188. The molecule has 0 saturated carbocycles. The van der Waals surface area contributed by atoms with Crippen molar-refractivity contribution in [3.05, 3.63) is 41.0 Å². The molecule has 2 unspecified atom stereocenters. The first-order valence-corrected chi connectivity index (χ1v) is 10.2. The summed E-state index contributed by atoms with van der Waals surface area (Å²) in [6.07, 6.45) is 9.33. The Bertz CT molecular complexity index is 738. The molecule has 2 aliphatic carbocycles. The van der Waals surface area contributed by atoms with Gasteiger partial charge in [0.05, 0.1) is 7.11 Å². The predicted octanol–water partition coefficient (Wildman–Crippen LogP) is 4.29. The minimum atomic E-state index is 0.188. The van der Waals surface area contributed by atoms with Crippen LogP contribution in [0.2, 0.25) is 0 Å². The molecule has 0 radical (unpaired) electrons. The Morgan fingerprint density at radius 3 is 2.96 bits per heavy atom. The van der Waals surface area contributed by atoms with Crippen molar-refractivity contribution in [2.75, 3.05) is 20.7 Å². The van der Waals surface area contributed by atoms with E-state index in [1.54, 1.807) is 7.11 Å². The molecule has 3 atom stereocenters. The van der Waals surface area contributed by atoms with Gasteiger partial charge in [-0.15, -0.1) is 0 Å². The third-order valence-corrected chi connectivity index (χ3v) is 7.20. The number of ketones is 1. The summed E-state index contributed by atoms with van der Waals surface area (Å²) in [6, 6.07) is 7.20. The molecule has 1 aliphatic heterocycles. The van der Waals surface area contributed by atoms with Crippen molar-refractivity contribution in [3.8, 4) is 5.75 Å². The fourth-order valence-corrected chi connectivity index (χ4v) is 5.63. The number of benzene rings is 1. The molecule has 26 heavy (non-hydrogen) atoms. The molecule has 1 heterocycles. The molecule has 1 saturated heterocycles. The summed E-state index contributed by atoms with van der Waals surface area (Å²) in [5.41, 5.74) is 4.26. The van der Waals surface area contributed by atoms with E-state index >= 15 is 0 Å². The van der Waals surface area contributed by atoms with Gasteiger partial charge in [0, 0.05) is 17.9 Å². The minimum Gasteiger partial charge on any atom is -0.497 e. The summed E-state index contributed by atoms with van der Waals surface area (Å²) in [5, 5.41) is 0. The van der Waals surface area contributed by atoms with E-state index in [-0.39, 0.29) is 5.41 Å². The van der Waals surface area contributed by atoms with E-state index in [1.165, 1.54) is 17.5 Å². The van der Waals surface area contributed by atoms with Crippen LogP contribution in [0.1, 0.15) is 56.6 Å². The van der Waals surface area contributed by atoms with Gasteiger partial charge in [-0.1, -0.05) is 25.5 Å². The number of methoxy groups -OCH3 is 1. The van der Waals surface area contributed by atoms with Crippen LogP contribution in [0.15, 0.2) is 29.8 Å². The van der Waals surface area contributed by atoms with E-state index in [2.05, 4.69) is 43.1 Å². The average molecular weight is 354 g/mol. The highest BCUT2D eigenvalue weighted by Crippen LogP contribution is 2.55. The molecule has 3 heteroatoms. The van der Waals surface area contributed by atoms with E-state index < -0.39 is 0 Å². The molecular weight excluding hydrogens is 322 g/mol. The number of likely N-dealkylation sites (N-methyl/N-ethyl adjacent to an activating group) is 1. The zero-order chi connectivity index (χ0) is 18.3. The first kappa shape index (κ1) is 17.8. The number of ether oxygens (including phenoxy) is 1. The third kappa shape index (κ3) is 2.72. The molecule has 3 aliphatic rings. The Kier molecular flexibility index (Phi) is 4.68. The average Bonchev–Trinajstić information content (AvgIpc) is 2.68. The Hall–Kier alpha value is -1.61. The molecule has 2 bridgehead atoms. The number of nitrogens with zero attached hydrogens (tertiary/aromatic N) is 1. The zero-order valence-electron chi connectivity index (χ0n) is 16.4.